The molecular weight excluding hydrogens is 324 g/mol. The molecule has 1 aromatic rings. The molecule has 0 unspecified atom stereocenters. The molecule has 1 aliphatic rings. The van der Waals surface area contributed by atoms with Crippen LogP contribution < -0.4 is 5.32 Å². The van der Waals surface area contributed by atoms with Gasteiger partial charge >= 0.3 is 12.0 Å². The lowest BCUT2D eigenvalue weighted by Gasteiger charge is -2.36. The second-order valence-electron chi connectivity index (χ2n) is 5.65. The summed E-state index contributed by atoms with van der Waals surface area (Å²) in [6, 6.07) is 3.56. The number of nitrogens with one attached hydrogen (secondary N) is 1. The van der Waals surface area contributed by atoms with Gasteiger partial charge in [-0.25, -0.2) is 4.79 Å². The van der Waals surface area contributed by atoms with E-state index in [0.717, 1.165) is 4.88 Å². The smallest absolute Gasteiger partial charge is 0.317 e. The molecule has 22 heavy (non-hydrogen) atoms. The van der Waals surface area contributed by atoms with Gasteiger partial charge in [-0.2, -0.15) is 0 Å². The van der Waals surface area contributed by atoms with Gasteiger partial charge in [0.15, 0.2) is 0 Å². The van der Waals surface area contributed by atoms with Gasteiger partial charge in [-0.15, -0.1) is 11.3 Å². The molecule has 1 fully saturated rings. The molecule has 2 amide bonds. The van der Waals surface area contributed by atoms with E-state index < -0.39 is 0 Å². The zero-order valence-corrected chi connectivity index (χ0v) is 14.5. The van der Waals surface area contributed by atoms with Crippen LogP contribution in [0.4, 0.5) is 4.79 Å². The standard InChI is InChI=1S/C15H21ClN2O3S/c1-9-8-18(7-6-11(9)14(19)21-3)15(20)17-10(2)12-4-5-13(16)22-12/h4-5,9-11H,6-8H2,1-3H3,(H,17,20)/t9-,10-,11-/m1/s1. The number of thiophene rings is 1. The lowest BCUT2D eigenvalue weighted by molar-refractivity contribution is -0.148. The number of rotatable bonds is 3. The van der Waals surface area contributed by atoms with Crippen molar-refractivity contribution in [2.45, 2.75) is 26.3 Å². The molecule has 0 radical (unpaired) electrons. The Bertz CT molecular complexity index is 549. The summed E-state index contributed by atoms with van der Waals surface area (Å²) in [6.45, 7) is 5.03. The van der Waals surface area contributed by atoms with E-state index in [1.165, 1.54) is 18.4 Å². The first-order valence-electron chi connectivity index (χ1n) is 7.31. The van der Waals surface area contributed by atoms with E-state index in [1.807, 2.05) is 26.0 Å². The third kappa shape index (κ3) is 3.93. The highest BCUT2D eigenvalue weighted by Crippen LogP contribution is 2.28. The molecule has 0 aliphatic carbocycles. The third-order valence-corrected chi connectivity index (χ3v) is 5.47. The van der Waals surface area contributed by atoms with Crippen LogP contribution in [0.5, 0.6) is 0 Å². The first-order valence-corrected chi connectivity index (χ1v) is 8.50. The van der Waals surface area contributed by atoms with E-state index in [1.54, 1.807) is 4.90 Å². The molecule has 1 saturated heterocycles. The summed E-state index contributed by atoms with van der Waals surface area (Å²) < 4.78 is 5.52. The fourth-order valence-corrected chi connectivity index (χ4v) is 3.80. The summed E-state index contributed by atoms with van der Waals surface area (Å²) >= 11 is 7.38. The number of carbonyl (C=O) groups is 2. The van der Waals surface area contributed by atoms with Crippen molar-refractivity contribution >= 4 is 34.9 Å². The predicted octanol–water partition coefficient (Wildman–Crippen LogP) is 3.30. The topological polar surface area (TPSA) is 58.6 Å². The van der Waals surface area contributed by atoms with Crippen molar-refractivity contribution in [3.8, 4) is 0 Å². The minimum Gasteiger partial charge on any atom is -0.469 e. The molecule has 0 aromatic carbocycles. The number of methoxy groups -OCH3 is 1. The number of likely N-dealkylation sites (tertiary alicyclic amines) is 1. The zero-order valence-electron chi connectivity index (χ0n) is 13.0. The van der Waals surface area contributed by atoms with Gasteiger partial charge in [-0.3, -0.25) is 4.79 Å². The molecule has 122 valence electrons. The molecule has 1 aromatic heterocycles. The Hall–Kier alpha value is -1.27. The Morgan fingerprint density at radius 2 is 2.23 bits per heavy atom. The van der Waals surface area contributed by atoms with Crippen LogP contribution in [0.2, 0.25) is 4.34 Å². The van der Waals surface area contributed by atoms with Crippen molar-refractivity contribution in [3.63, 3.8) is 0 Å². The average Bonchev–Trinajstić information content (AvgIpc) is 2.93. The van der Waals surface area contributed by atoms with Crippen LogP contribution in [-0.2, 0) is 9.53 Å². The van der Waals surface area contributed by atoms with Gasteiger partial charge < -0.3 is 15.0 Å². The second kappa shape index (κ2) is 7.33. The van der Waals surface area contributed by atoms with E-state index >= 15 is 0 Å². The fourth-order valence-electron chi connectivity index (χ4n) is 2.74. The fraction of sp³-hybridized carbons (Fsp3) is 0.600. The number of halogens is 1. The molecule has 1 N–H and O–H groups in total. The van der Waals surface area contributed by atoms with Crippen molar-refractivity contribution in [2.75, 3.05) is 20.2 Å². The van der Waals surface area contributed by atoms with Crippen molar-refractivity contribution in [3.05, 3.63) is 21.3 Å². The normalized spacial score (nSPS) is 23.0. The Morgan fingerprint density at radius 3 is 2.77 bits per heavy atom. The van der Waals surface area contributed by atoms with Crippen LogP contribution in [0.25, 0.3) is 0 Å². The number of esters is 1. The van der Waals surface area contributed by atoms with Gasteiger partial charge in [0.1, 0.15) is 0 Å². The van der Waals surface area contributed by atoms with Crippen LogP contribution in [0.3, 0.4) is 0 Å². The second-order valence-corrected chi connectivity index (χ2v) is 7.40. The first-order chi connectivity index (χ1) is 10.4. The lowest BCUT2D eigenvalue weighted by Crippen LogP contribution is -2.49. The minimum absolute atomic E-state index is 0.0846. The van der Waals surface area contributed by atoms with Crippen molar-refractivity contribution in [2.24, 2.45) is 11.8 Å². The maximum atomic E-state index is 12.4. The minimum atomic E-state index is -0.186. The molecule has 5 nitrogen and oxygen atoms in total. The molecule has 3 atom stereocenters. The summed E-state index contributed by atoms with van der Waals surface area (Å²) in [7, 11) is 1.40. The molecular formula is C15H21ClN2O3S. The number of amides is 2. The Balaban J connectivity index is 1.90. The van der Waals surface area contributed by atoms with Crippen molar-refractivity contribution in [1.82, 2.24) is 10.2 Å². The number of hydrogen-bond acceptors (Lipinski definition) is 4. The van der Waals surface area contributed by atoms with Gasteiger partial charge in [0, 0.05) is 18.0 Å². The highest BCUT2D eigenvalue weighted by molar-refractivity contribution is 7.16. The first kappa shape index (κ1) is 17.1. The van der Waals surface area contributed by atoms with Gasteiger partial charge in [0.05, 0.1) is 23.4 Å². The Labute approximate surface area is 139 Å². The third-order valence-electron chi connectivity index (χ3n) is 4.06. The predicted molar refractivity (Wildman–Crippen MR) is 87.1 cm³/mol. The number of nitrogens with zero attached hydrogens (tertiary/aromatic N) is 1. The Kier molecular flexibility index (Phi) is 5.69. The van der Waals surface area contributed by atoms with Gasteiger partial charge in [-0.05, 0) is 31.4 Å². The number of piperidine rings is 1. The van der Waals surface area contributed by atoms with E-state index in [0.29, 0.717) is 23.8 Å². The summed E-state index contributed by atoms with van der Waals surface area (Å²) in [5, 5.41) is 2.98. The molecule has 0 bridgehead atoms. The molecule has 1 aliphatic heterocycles. The van der Waals surface area contributed by atoms with Crippen molar-refractivity contribution < 1.29 is 14.3 Å². The van der Waals surface area contributed by atoms with Gasteiger partial charge in [0.2, 0.25) is 0 Å². The highest BCUT2D eigenvalue weighted by Gasteiger charge is 2.34. The maximum Gasteiger partial charge on any atom is 0.317 e. The summed E-state index contributed by atoms with van der Waals surface area (Å²) in [6.07, 6.45) is 0.639. The van der Waals surface area contributed by atoms with Crippen LogP contribution in [0, 0.1) is 11.8 Å². The number of hydrogen-bond donors (Lipinski definition) is 1. The number of carbonyl (C=O) groups excluding carboxylic acids is 2. The van der Waals surface area contributed by atoms with Crippen LogP contribution >= 0.6 is 22.9 Å². The highest BCUT2D eigenvalue weighted by atomic mass is 35.5. The van der Waals surface area contributed by atoms with Crippen LogP contribution in [0.15, 0.2) is 12.1 Å². The quantitative estimate of drug-likeness (QED) is 0.856. The lowest BCUT2D eigenvalue weighted by atomic mass is 9.87. The van der Waals surface area contributed by atoms with E-state index in [-0.39, 0.29) is 29.9 Å². The zero-order chi connectivity index (χ0) is 16.3. The molecule has 0 spiro atoms. The molecule has 2 heterocycles. The number of ether oxygens (including phenoxy) is 1. The maximum absolute atomic E-state index is 12.4. The van der Waals surface area contributed by atoms with Crippen LogP contribution in [-0.4, -0.2) is 37.1 Å². The van der Waals surface area contributed by atoms with Gasteiger partial charge in [0.25, 0.3) is 0 Å². The van der Waals surface area contributed by atoms with Crippen LogP contribution in [0.1, 0.15) is 31.2 Å². The summed E-state index contributed by atoms with van der Waals surface area (Å²) in [4.78, 5) is 26.8. The monoisotopic (exact) mass is 344 g/mol. The average molecular weight is 345 g/mol. The number of urea groups is 1. The SMILES string of the molecule is COC(=O)[C@@H]1CCN(C(=O)N[C@H](C)c2ccc(Cl)s2)C[C@H]1C. The molecule has 0 saturated carbocycles. The summed E-state index contributed by atoms with van der Waals surface area (Å²) in [5.74, 6) is -0.213. The van der Waals surface area contributed by atoms with E-state index in [4.69, 9.17) is 16.3 Å². The van der Waals surface area contributed by atoms with Gasteiger partial charge in [-0.1, -0.05) is 18.5 Å². The molecule has 7 heteroatoms. The van der Waals surface area contributed by atoms with E-state index in [2.05, 4.69) is 5.32 Å². The van der Waals surface area contributed by atoms with E-state index in [9.17, 15) is 9.59 Å². The summed E-state index contributed by atoms with van der Waals surface area (Å²) in [5.41, 5.74) is 0. The largest absolute Gasteiger partial charge is 0.469 e. The molecule has 2 rings (SSSR count). The van der Waals surface area contributed by atoms with Crippen molar-refractivity contribution in [1.29, 1.82) is 0 Å². The Morgan fingerprint density at radius 1 is 1.50 bits per heavy atom.